The zero-order valence-electron chi connectivity index (χ0n) is 21.6. The SMILES string of the molecule is C=CC(=O)Nc1cc2c(Nc3ccc(OCc4ccccn4)c(Cl)c3)ncnc2cc1OC1CCN(C)CC1. The molecular formula is C29H29ClN6O3. The number of fused-ring (bicyclic) bond motifs is 1. The van der Waals surface area contributed by atoms with Gasteiger partial charge in [-0.05, 0) is 62.4 Å². The van der Waals surface area contributed by atoms with Crippen molar-refractivity contribution in [1.29, 1.82) is 0 Å². The highest BCUT2D eigenvalue weighted by molar-refractivity contribution is 6.32. The van der Waals surface area contributed by atoms with Gasteiger partial charge >= 0.3 is 0 Å². The minimum atomic E-state index is -0.331. The molecule has 2 aromatic carbocycles. The fourth-order valence-corrected chi connectivity index (χ4v) is 4.55. The van der Waals surface area contributed by atoms with Crippen LogP contribution in [0, 0.1) is 0 Å². The maximum Gasteiger partial charge on any atom is 0.247 e. The number of halogens is 1. The molecule has 2 aromatic heterocycles. The first kappa shape index (κ1) is 26.4. The van der Waals surface area contributed by atoms with Gasteiger partial charge in [0.05, 0.1) is 21.9 Å². The zero-order chi connectivity index (χ0) is 27.2. The molecule has 2 N–H and O–H groups in total. The molecule has 0 spiro atoms. The summed E-state index contributed by atoms with van der Waals surface area (Å²) >= 11 is 6.51. The number of carbonyl (C=O) groups excluding carboxylic acids is 1. The Morgan fingerprint density at radius 1 is 1.13 bits per heavy atom. The van der Waals surface area contributed by atoms with Crippen molar-refractivity contribution in [3.05, 3.63) is 84.4 Å². The average molecular weight is 545 g/mol. The monoisotopic (exact) mass is 544 g/mol. The molecule has 1 saturated heterocycles. The second kappa shape index (κ2) is 12.1. The molecule has 4 aromatic rings. The summed E-state index contributed by atoms with van der Waals surface area (Å²) in [6, 6.07) is 14.7. The van der Waals surface area contributed by atoms with Gasteiger partial charge in [0.25, 0.3) is 0 Å². The number of likely N-dealkylation sites (tertiary alicyclic amines) is 1. The standard InChI is InChI=1S/C29H29ClN6O3/c1-3-28(37)35-25-15-22-24(16-27(25)39-21-9-12-36(2)13-10-21)32-18-33-29(22)34-19-7-8-26(23(30)14-19)38-17-20-6-4-5-11-31-20/h3-8,11,14-16,18,21H,1,9-10,12-13,17H2,2H3,(H,35,37)(H,32,33,34). The van der Waals surface area contributed by atoms with E-state index < -0.39 is 0 Å². The molecule has 0 bridgehead atoms. The van der Waals surface area contributed by atoms with E-state index >= 15 is 0 Å². The first-order valence-electron chi connectivity index (χ1n) is 12.6. The van der Waals surface area contributed by atoms with Gasteiger partial charge in [-0.3, -0.25) is 9.78 Å². The molecular weight excluding hydrogens is 516 g/mol. The molecule has 0 atom stereocenters. The van der Waals surface area contributed by atoms with Crippen molar-refractivity contribution in [3.8, 4) is 11.5 Å². The number of nitrogens with zero attached hydrogens (tertiary/aromatic N) is 4. The largest absolute Gasteiger partial charge is 0.488 e. The maximum atomic E-state index is 12.2. The van der Waals surface area contributed by atoms with Crippen molar-refractivity contribution < 1.29 is 14.3 Å². The third-order valence-electron chi connectivity index (χ3n) is 6.44. The maximum absolute atomic E-state index is 12.2. The molecule has 39 heavy (non-hydrogen) atoms. The average Bonchev–Trinajstić information content (AvgIpc) is 2.95. The molecule has 200 valence electrons. The normalized spacial score (nSPS) is 14.1. The Kier molecular flexibility index (Phi) is 8.19. The molecule has 0 radical (unpaired) electrons. The van der Waals surface area contributed by atoms with E-state index in [2.05, 4.69) is 44.1 Å². The van der Waals surface area contributed by atoms with Gasteiger partial charge in [-0.1, -0.05) is 24.2 Å². The Hall–Kier alpha value is -4.21. The topological polar surface area (TPSA) is 102 Å². The first-order valence-corrected chi connectivity index (χ1v) is 13.0. The number of amides is 1. The minimum Gasteiger partial charge on any atom is -0.488 e. The van der Waals surface area contributed by atoms with Crippen molar-refractivity contribution in [2.45, 2.75) is 25.6 Å². The predicted molar refractivity (Wildman–Crippen MR) is 153 cm³/mol. The number of benzene rings is 2. The lowest BCUT2D eigenvalue weighted by molar-refractivity contribution is -0.111. The molecule has 10 heteroatoms. The highest BCUT2D eigenvalue weighted by atomic mass is 35.5. The van der Waals surface area contributed by atoms with Crippen LogP contribution in [-0.4, -0.2) is 52.0 Å². The van der Waals surface area contributed by atoms with E-state index in [1.807, 2.05) is 36.4 Å². The van der Waals surface area contributed by atoms with E-state index in [4.69, 9.17) is 21.1 Å². The number of hydrogen-bond acceptors (Lipinski definition) is 8. The second-order valence-electron chi connectivity index (χ2n) is 9.28. The summed E-state index contributed by atoms with van der Waals surface area (Å²) in [7, 11) is 2.10. The van der Waals surface area contributed by atoms with E-state index in [1.54, 1.807) is 18.3 Å². The predicted octanol–water partition coefficient (Wildman–Crippen LogP) is 5.60. The first-order chi connectivity index (χ1) is 19.0. The third-order valence-corrected chi connectivity index (χ3v) is 6.73. The summed E-state index contributed by atoms with van der Waals surface area (Å²) in [4.78, 5) is 27.7. The van der Waals surface area contributed by atoms with Crippen LogP contribution in [0.5, 0.6) is 11.5 Å². The Morgan fingerprint density at radius 3 is 2.72 bits per heavy atom. The van der Waals surface area contributed by atoms with Crippen LogP contribution in [0.4, 0.5) is 17.2 Å². The third kappa shape index (κ3) is 6.63. The summed E-state index contributed by atoms with van der Waals surface area (Å²) in [5.41, 5.74) is 2.73. The smallest absolute Gasteiger partial charge is 0.247 e. The van der Waals surface area contributed by atoms with Gasteiger partial charge in [0.15, 0.2) is 0 Å². The molecule has 1 amide bonds. The molecule has 0 aliphatic carbocycles. The highest BCUT2D eigenvalue weighted by Gasteiger charge is 2.21. The summed E-state index contributed by atoms with van der Waals surface area (Å²) in [6.07, 6.45) is 6.29. The van der Waals surface area contributed by atoms with Gasteiger partial charge in [-0.15, -0.1) is 0 Å². The lowest BCUT2D eigenvalue weighted by Crippen LogP contribution is -2.35. The Bertz CT molecular complexity index is 1480. The molecule has 9 nitrogen and oxygen atoms in total. The van der Waals surface area contributed by atoms with E-state index in [0.717, 1.165) is 31.6 Å². The highest BCUT2D eigenvalue weighted by Crippen LogP contribution is 2.36. The fourth-order valence-electron chi connectivity index (χ4n) is 4.31. The van der Waals surface area contributed by atoms with E-state index in [-0.39, 0.29) is 12.0 Å². The van der Waals surface area contributed by atoms with Crippen LogP contribution in [0.15, 0.2) is 73.7 Å². The number of pyridine rings is 1. The van der Waals surface area contributed by atoms with Crippen LogP contribution < -0.4 is 20.1 Å². The summed E-state index contributed by atoms with van der Waals surface area (Å²) in [6.45, 7) is 5.79. The number of hydrogen-bond donors (Lipinski definition) is 2. The van der Waals surface area contributed by atoms with Crippen LogP contribution >= 0.6 is 11.6 Å². The molecule has 1 fully saturated rings. The molecule has 5 rings (SSSR count). The van der Waals surface area contributed by atoms with Gasteiger partial charge in [0.2, 0.25) is 5.91 Å². The number of ether oxygens (including phenoxy) is 2. The quantitative estimate of drug-likeness (QED) is 0.263. The van der Waals surface area contributed by atoms with E-state index in [1.165, 1.54) is 12.4 Å². The second-order valence-corrected chi connectivity index (χ2v) is 9.69. The van der Waals surface area contributed by atoms with Crippen molar-refractivity contribution in [2.75, 3.05) is 30.8 Å². The fraction of sp³-hybridized carbons (Fsp3) is 0.241. The Balaban J connectivity index is 1.39. The number of piperidine rings is 1. The van der Waals surface area contributed by atoms with Crippen LogP contribution in [0.25, 0.3) is 10.9 Å². The minimum absolute atomic E-state index is 0.0537. The zero-order valence-corrected chi connectivity index (χ0v) is 22.3. The summed E-state index contributed by atoms with van der Waals surface area (Å²) in [5, 5.41) is 7.33. The van der Waals surface area contributed by atoms with Crippen molar-refractivity contribution >= 4 is 45.6 Å². The molecule has 0 unspecified atom stereocenters. The summed E-state index contributed by atoms with van der Waals surface area (Å²) in [5.74, 6) is 1.33. The van der Waals surface area contributed by atoms with Crippen LogP contribution in [0.2, 0.25) is 5.02 Å². The van der Waals surface area contributed by atoms with Crippen LogP contribution in [0.3, 0.4) is 0 Å². The van der Waals surface area contributed by atoms with Gasteiger partial charge in [-0.2, -0.15) is 0 Å². The number of aromatic nitrogens is 3. The van der Waals surface area contributed by atoms with Crippen LogP contribution in [0.1, 0.15) is 18.5 Å². The number of rotatable bonds is 9. The van der Waals surface area contributed by atoms with Crippen molar-refractivity contribution in [1.82, 2.24) is 19.9 Å². The van der Waals surface area contributed by atoms with E-state index in [9.17, 15) is 4.79 Å². The number of carbonyl (C=O) groups is 1. The Labute approximate surface area is 231 Å². The number of nitrogens with one attached hydrogen (secondary N) is 2. The van der Waals surface area contributed by atoms with Gasteiger partial charge in [-0.25, -0.2) is 9.97 Å². The molecule has 0 saturated carbocycles. The van der Waals surface area contributed by atoms with Crippen molar-refractivity contribution in [3.63, 3.8) is 0 Å². The summed E-state index contributed by atoms with van der Waals surface area (Å²) < 4.78 is 12.2. The van der Waals surface area contributed by atoms with Gasteiger partial charge in [0, 0.05) is 36.4 Å². The van der Waals surface area contributed by atoms with Crippen LogP contribution in [-0.2, 0) is 11.4 Å². The van der Waals surface area contributed by atoms with Gasteiger partial charge in [0.1, 0.15) is 36.4 Å². The van der Waals surface area contributed by atoms with Crippen molar-refractivity contribution in [2.24, 2.45) is 0 Å². The molecule has 3 heterocycles. The molecule has 1 aliphatic rings. The molecule has 1 aliphatic heterocycles. The van der Waals surface area contributed by atoms with Gasteiger partial charge < -0.3 is 25.0 Å². The Morgan fingerprint density at radius 2 is 1.97 bits per heavy atom. The number of anilines is 3. The lowest BCUT2D eigenvalue weighted by Gasteiger charge is -2.30. The lowest BCUT2D eigenvalue weighted by atomic mass is 10.1. The van der Waals surface area contributed by atoms with E-state index in [0.29, 0.717) is 51.2 Å².